The van der Waals surface area contributed by atoms with Gasteiger partial charge >= 0.3 is 0 Å². The fourth-order valence-electron chi connectivity index (χ4n) is 4.35. The Bertz CT molecular complexity index is 1380. The molecule has 1 amide bonds. The molecule has 1 aliphatic carbocycles. The topological polar surface area (TPSA) is 128 Å². The minimum absolute atomic E-state index is 0.126. The van der Waals surface area contributed by atoms with E-state index in [9.17, 15) is 10.1 Å². The first kappa shape index (κ1) is 23.7. The quantitative estimate of drug-likeness (QED) is 0.438. The molecule has 5 rings (SSSR count). The number of halogens is 1. The van der Waals surface area contributed by atoms with Crippen molar-refractivity contribution in [2.24, 2.45) is 5.92 Å². The number of carbonyl (C=O) groups is 1. The summed E-state index contributed by atoms with van der Waals surface area (Å²) in [6.45, 7) is 2.65. The summed E-state index contributed by atoms with van der Waals surface area (Å²) in [6.07, 6.45) is 7.22. The number of aromatic nitrogens is 3. The molecule has 0 bridgehead atoms. The van der Waals surface area contributed by atoms with Crippen molar-refractivity contribution in [3.8, 4) is 22.9 Å². The van der Waals surface area contributed by atoms with Gasteiger partial charge in [-0.15, -0.1) is 0 Å². The van der Waals surface area contributed by atoms with Gasteiger partial charge in [0.25, 0.3) is 5.91 Å². The highest BCUT2D eigenvalue weighted by molar-refractivity contribution is 6.30. The number of nitrogens with one attached hydrogen (secondary N) is 2. The third-order valence-corrected chi connectivity index (χ3v) is 6.45. The zero-order valence-electron chi connectivity index (χ0n) is 19.7. The highest BCUT2D eigenvalue weighted by Crippen LogP contribution is 2.41. The van der Waals surface area contributed by atoms with Crippen molar-refractivity contribution in [2.75, 3.05) is 23.4 Å². The molecule has 0 radical (unpaired) electrons. The molecule has 0 saturated heterocycles. The lowest BCUT2D eigenvalue weighted by molar-refractivity contribution is -0.121. The summed E-state index contributed by atoms with van der Waals surface area (Å²) in [5.74, 6) is 1.88. The van der Waals surface area contributed by atoms with Gasteiger partial charge in [-0.25, -0.2) is 15.0 Å². The van der Waals surface area contributed by atoms with Crippen LogP contribution in [0.3, 0.4) is 0 Å². The van der Waals surface area contributed by atoms with Gasteiger partial charge in [0.2, 0.25) is 0 Å². The fourth-order valence-corrected chi connectivity index (χ4v) is 4.45. The average molecular weight is 502 g/mol. The summed E-state index contributed by atoms with van der Waals surface area (Å²) in [5.41, 5.74) is 3.71. The van der Waals surface area contributed by atoms with Crippen molar-refractivity contribution in [3.05, 3.63) is 58.3 Å². The molecule has 3 aromatic rings. The van der Waals surface area contributed by atoms with E-state index < -0.39 is 0 Å². The molecule has 182 valence electrons. The largest absolute Gasteiger partial charge is 0.482 e. The van der Waals surface area contributed by atoms with Crippen LogP contribution in [0.25, 0.3) is 11.1 Å². The Balaban J connectivity index is 1.59. The van der Waals surface area contributed by atoms with Gasteiger partial charge in [-0.2, -0.15) is 5.26 Å². The summed E-state index contributed by atoms with van der Waals surface area (Å²) in [5, 5.41) is 21.9. The molecule has 2 aliphatic rings. The third-order valence-electron chi connectivity index (χ3n) is 6.25. The zero-order valence-corrected chi connectivity index (χ0v) is 20.5. The molecule has 0 atom stereocenters. The molecule has 9 nitrogen and oxygen atoms in total. The number of anilines is 2. The highest BCUT2D eigenvalue weighted by Gasteiger charge is 2.30. The lowest BCUT2D eigenvalue weighted by Crippen LogP contribution is -2.38. The van der Waals surface area contributed by atoms with E-state index in [1.165, 1.54) is 18.6 Å². The molecule has 0 spiro atoms. The van der Waals surface area contributed by atoms with E-state index in [1.807, 2.05) is 19.1 Å². The van der Waals surface area contributed by atoms with Crippen molar-refractivity contribution < 1.29 is 9.53 Å². The molecule has 0 unspecified atom stereocenters. The van der Waals surface area contributed by atoms with E-state index in [0.29, 0.717) is 57.3 Å². The van der Waals surface area contributed by atoms with Gasteiger partial charge in [0.05, 0.1) is 28.5 Å². The Morgan fingerprint density at radius 3 is 2.78 bits per heavy atom. The number of fused-ring (bicyclic) bond motifs is 1. The van der Waals surface area contributed by atoms with E-state index in [4.69, 9.17) is 26.7 Å². The standard InChI is InChI=1S/C26H24ClN7O2/c1-2-30-26-19(10-29)25(18(9-28)20(33-26)7-15-3-4-15)16-5-6-21-22(8-16)36-14-24(35)34(21)13-23-31-11-17(27)12-32-23/h5-6,8,10-12,15,29H,2-4,7,13-14H2,1H3,(H,30,33). The second kappa shape index (κ2) is 9.91. The van der Waals surface area contributed by atoms with Gasteiger partial charge in [-0.1, -0.05) is 17.7 Å². The minimum atomic E-state index is -0.211. The smallest absolute Gasteiger partial charge is 0.265 e. The summed E-state index contributed by atoms with van der Waals surface area (Å²) < 4.78 is 5.79. The van der Waals surface area contributed by atoms with Crippen LogP contribution >= 0.6 is 11.6 Å². The van der Waals surface area contributed by atoms with Crippen LogP contribution in [0.2, 0.25) is 5.02 Å². The number of nitriles is 1. The molecule has 3 heterocycles. The first-order chi connectivity index (χ1) is 17.5. The van der Waals surface area contributed by atoms with E-state index in [0.717, 1.165) is 30.5 Å². The van der Waals surface area contributed by atoms with Crippen molar-refractivity contribution in [1.82, 2.24) is 15.0 Å². The molecule has 2 aromatic heterocycles. The van der Waals surface area contributed by atoms with Gasteiger partial charge in [-0.05, 0) is 49.8 Å². The Hall–Kier alpha value is -4.03. The normalized spacial score (nSPS) is 14.6. The minimum Gasteiger partial charge on any atom is -0.482 e. The van der Waals surface area contributed by atoms with Crippen LogP contribution in [-0.4, -0.2) is 40.2 Å². The van der Waals surface area contributed by atoms with Crippen LogP contribution < -0.4 is 15.0 Å². The number of hydrogen-bond donors (Lipinski definition) is 2. The van der Waals surface area contributed by atoms with E-state index in [-0.39, 0.29) is 19.1 Å². The first-order valence-corrected chi connectivity index (χ1v) is 12.2. The van der Waals surface area contributed by atoms with Gasteiger partial charge in [0.15, 0.2) is 6.61 Å². The fraction of sp³-hybridized carbons (Fsp3) is 0.308. The molecule has 1 saturated carbocycles. The molecular weight excluding hydrogens is 478 g/mol. The molecule has 1 aliphatic heterocycles. The highest BCUT2D eigenvalue weighted by atomic mass is 35.5. The number of nitrogens with zero attached hydrogens (tertiary/aromatic N) is 5. The number of hydrogen-bond acceptors (Lipinski definition) is 8. The molecule has 1 aromatic carbocycles. The van der Waals surface area contributed by atoms with Crippen molar-refractivity contribution >= 4 is 35.2 Å². The third kappa shape index (κ3) is 4.60. The van der Waals surface area contributed by atoms with Gasteiger partial charge < -0.3 is 15.5 Å². The summed E-state index contributed by atoms with van der Waals surface area (Å²) in [6, 6.07) is 7.80. The second-order valence-electron chi connectivity index (χ2n) is 8.77. The van der Waals surface area contributed by atoms with Crippen LogP contribution in [0, 0.1) is 22.7 Å². The second-order valence-corrected chi connectivity index (χ2v) is 9.21. The monoisotopic (exact) mass is 501 g/mol. The Kier molecular flexibility index (Phi) is 6.53. The Labute approximate surface area is 213 Å². The van der Waals surface area contributed by atoms with Crippen LogP contribution in [0.5, 0.6) is 5.75 Å². The molecule has 36 heavy (non-hydrogen) atoms. The first-order valence-electron chi connectivity index (χ1n) is 11.8. The van der Waals surface area contributed by atoms with Gasteiger partial charge in [0.1, 0.15) is 23.5 Å². The lowest BCUT2D eigenvalue weighted by atomic mass is 9.92. The predicted molar refractivity (Wildman–Crippen MR) is 137 cm³/mol. The lowest BCUT2D eigenvalue weighted by Gasteiger charge is -2.29. The maximum Gasteiger partial charge on any atom is 0.265 e. The number of pyridine rings is 1. The zero-order chi connectivity index (χ0) is 25.2. The van der Waals surface area contributed by atoms with Gasteiger partial charge in [-0.3, -0.25) is 9.69 Å². The van der Waals surface area contributed by atoms with Crippen LogP contribution in [0.1, 0.15) is 42.4 Å². The molecule has 10 heteroatoms. The van der Waals surface area contributed by atoms with Crippen LogP contribution in [0.4, 0.5) is 11.5 Å². The van der Waals surface area contributed by atoms with Crippen LogP contribution in [0.15, 0.2) is 30.6 Å². The van der Waals surface area contributed by atoms with Crippen molar-refractivity contribution in [3.63, 3.8) is 0 Å². The maximum absolute atomic E-state index is 12.7. The number of benzene rings is 1. The Morgan fingerprint density at radius 2 is 2.11 bits per heavy atom. The van der Waals surface area contributed by atoms with E-state index in [1.54, 1.807) is 11.0 Å². The Morgan fingerprint density at radius 1 is 1.33 bits per heavy atom. The molecule has 1 fully saturated rings. The number of ether oxygens (including phenoxy) is 1. The molecule has 2 N–H and O–H groups in total. The van der Waals surface area contributed by atoms with Crippen molar-refractivity contribution in [2.45, 2.75) is 32.7 Å². The molecular formula is C26H24ClN7O2. The van der Waals surface area contributed by atoms with Crippen molar-refractivity contribution in [1.29, 1.82) is 10.7 Å². The number of rotatable bonds is 8. The maximum atomic E-state index is 12.7. The van der Waals surface area contributed by atoms with E-state index in [2.05, 4.69) is 21.4 Å². The number of carbonyl (C=O) groups excluding carboxylic acids is 1. The van der Waals surface area contributed by atoms with Crippen LogP contribution in [-0.2, 0) is 17.8 Å². The summed E-state index contributed by atoms with van der Waals surface area (Å²) in [7, 11) is 0. The summed E-state index contributed by atoms with van der Waals surface area (Å²) >= 11 is 5.89. The SMILES string of the molecule is CCNc1nc(CC2CC2)c(C#N)c(-c2ccc3c(c2)OCC(=O)N3Cc2ncc(Cl)cn2)c1C=N. The van der Waals surface area contributed by atoms with E-state index >= 15 is 0 Å². The summed E-state index contributed by atoms with van der Waals surface area (Å²) in [4.78, 5) is 27.4. The predicted octanol–water partition coefficient (Wildman–Crippen LogP) is 4.37. The average Bonchev–Trinajstić information content (AvgIpc) is 3.70. The number of amides is 1. The van der Waals surface area contributed by atoms with Gasteiger partial charge in [0, 0.05) is 36.3 Å².